The average Bonchev–Trinajstić information content (AvgIpc) is 3.13. The Labute approximate surface area is 239 Å². The molecule has 4 nitrogen and oxygen atoms in total. The van der Waals surface area contributed by atoms with Crippen molar-refractivity contribution in [1.29, 1.82) is 0 Å². The second-order valence-electron chi connectivity index (χ2n) is 11.7. The molecule has 0 aromatic heterocycles. The number of halogens is 4. The summed E-state index contributed by atoms with van der Waals surface area (Å²) in [7, 11) is 0. The first kappa shape index (κ1) is 29.5. The van der Waals surface area contributed by atoms with Crippen LogP contribution in [0.25, 0.3) is 0 Å². The molecule has 4 rings (SSSR count). The number of benzene rings is 3. The van der Waals surface area contributed by atoms with Gasteiger partial charge in [-0.25, -0.2) is 8.78 Å². The molecule has 0 saturated carbocycles. The Morgan fingerprint density at radius 2 is 1.77 bits per heavy atom. The highest BCUT2D eigenvalue weighted by atomic mass is 35.5. The molecule has 1 aliphatic heterocycles. The highest BCUT2D eigenvalue weighted by Gasteiger charge is 2.57. The van der Waals surface area contributed by atoms with Crippen LogP contribution in [0.4, 0.5) is 14.5 Å². The SMILES string of the molecule is CC(C)(C)C[C@@H]1N[C@@H](C(=O)Nc2ccc(CCN)cc2)C(c2cccc(Cl)c2F)[C@@]1(C)c1ccc(Cl)cc1F. The van der Waals surface area contributed by atoms with E-state index >= 15 is 8.78 Å². The topological polar surface area (TPSA) is 67.2 Å². The van der Waals surface area contributed by atoms with Crippen LogP contribution in [-0.4, -0.2) is 24.5 Å². The van der Waals surface area contributed by atoms with E-state index in [1.165, 1.54) is 12.1 Å². The molecule has 3 aromatic carbocycles. The van der Waals surface area contributed by atoms with Crippen LogP contribution in [0.5, 0.6) is 0 Å². The van der Waals surface area contributed by atoms with Gasteiger partial charge in [0, 0.05) is 28.1 Å². The Kier molecular flexibility index (Phi) is 8.72. The van der Waals surface area contributed by atoms with Gasteiger partial charge < -0.3 is 16.4 Å². The summed E-state index contributed by atoms with van der Waals surface area (Å²) >= 11 is 12.3. The van der Waals surface area contributed by atoms with Crippen molar-refractivity contribution in [2.75, 3.05) is 11.9 Å². The lowest BCUT2D eigenvalue weighted by Crippen LogP contribution is -2.44. The number of hydrogen-bond donors (Lipinski definition) is 3. The van der Waals surface area contributed by atoms with E-state index in [0.717, 1.165) is 12.0 Å². The molecule has 1 saturated heterocycles. The second-order valence-corrected chi connectivity index (χ2v) is 12.6. The summed E-state index contributed by atoms with van der Waals surface area (Å²) < 4.78 is 31.4. The highest BCUT2D eigenvalue weighted by Crippen LogP contribution is 2.52. The second kappa shape index (κ2) is 11.5. The quantitative estimate of drug-likeness (QED) is 0.279. The number of carbonyl (C=O) groups is 1. The molecule has 1 amide bonds. The predicted octanol–water partition coefficient (Wildman–Crippen LogP) is 7.23. The van der Waals surface area contributed by atoms with Gasteiger partial charge in [0.1, 0.15) is 11.6 Å². The van der Waals surface area contributed by atoms with Crippen LogP contribution < -0.4 is 16.4 Å². The lowest BCUT2D eigenvalue weighted by molar-refractivity contribution is -0.118. The maximum absolute atomic E-state index is 15.7. The van der Waals surface area contributed by atoms with Crippen molar-refractivity contribution < 1.29 is 13.6 Å². The number of hydrogen-bond acceptors (Lipinski definition) is 3. The summed E-state index contributed by atoms with van der Waals surface area (Å²) in [6.45, 7) is 8.66. The number of rotatable bonds is 7. The molecule has 4 N–H and O–H groups in total. The summed E-state index contributed by atoms with van der Waals surface area (Å²) in [4.78, 5) is 13.9. The molecule has 1 heterocycles. The molecular weight excluding hydrogens is 539 g/mol. The van der Waals surface area contributed by atoms with Crippen molar-refractivity contribution in [3.05, 3.63) is 99.0 Å². The van der Waals surface area contributed by atoms with E-state index in [9.17, 15) is 4.79 Å². The fourth-order valence-electron chi connectivity index (χ4n) is 5.85. The maximum Gasteiger partial charge on any atom is 0.242 e. The minimum atomic E-state index is -1.03. The Morgan fingerprint density at radius 3 is 2.38 bits per heavy atom. The zero-order chi connectivity index (χ0) is 28.5. The molecule has 208 valence electrons. The third kappa shape index (κ3) is 6.14. The van der Waals surface area contributed by atoms with Gasteiger partial charge in [-0.05, 0) is 71.8 Å². The highest BCUT2D eigenvalue weighted by molar-refractivity contribution is 6.31. The van der Waals surface area contributed by atoms with Crippen LogP contribution in [0.3, 0.4) is 0 Å². The van der Waals surface area contributed by atoms with Crippen LogP contribution in [0, 0.1) is 17.0 Å². The van der Waals surface area contributed by atoms with Gasteiger partial charge in [-0.3, -0.25) is 4.79 Å². The van der Waals surface area contributed by atoms with Crippen molar-refractivity contribution in [1.82, 2.24) is 5.32 Å². The number of carbonyl (C=O) groups excluding carboxylic acids is 1. The lowest BCUT2D eigenvalue weighted by atomic mass is 9.63. The van der Waals surface area contributed by atoms with Crippen molar-refractivity contribution in [2.45, 2.75) is 64.0 Å². The van der Waals surface area contributed by atoms with Gasteiger partial charge in [0.2, 0.25) is 5.91 Å². The van der Waals surface area contributed by atoms with Crippen molar-refractivity contribution in [2.24, 2.45) is 11.1 Å². The molecule has 0 bridgehead atoms. The third-order valence-corrected chi connectivity index (χ3v) is 8.19. The summed E-state index contributed by atoms with van der Waals surface area (Å²) in [5.41, 5.74) is 6.72. The van der Waals surface area contributed by atoms with Gasteiger partial charge in [0.25, 0.3) is 0 Å². The van der Waals surface area contributed by atoms with Gasteiger partial charge in [0.05, 0.1) is 11.1 Å². The van der Waals surface area contributed by atoms with Crippen LogP contribution in [0.15, 0.2) is 60.7 Å². The fraction of sp³-hybridized carbons (Fsp3) is 0.387. The summed E-state index contributed by atoms with van der Waals surface area (Å²) in [6, 6.07) is 15.5. The summed E-state index contributed by atoms with van der Waals surface area (Å²) in [5.74, 6) is -2.25. The number of nitrogens with two attached hydrogens (primary N) is 1. The van der Waals surface area contributed by atoms with Gasteiger partial charge in [-0.15, -0.1) is 0 Å². The standard InChI is InChI=1S/C31H35Cl2F2N3O/c1-30(2,3)17-25-31(4,22-13-10-19(32)16-24(22)34)26(21-6-5-7-23(33)27(21)35)28(38-25)29(39)37-20-11-8-18(9-12-20)14-15-36/h5-13,16,25-26,28,38H,14-15,17,36H2,1-4H3,(H,37,39)/t25-,26?,28+,31-/m0/s1. The zero-order valence-corrected chi connectivity index (χ0v) is 24.1. The maximum atomic E-state index is 15.7. The van der Waals surface area contributed by atoms with Crippen molar-refractivity contribution >= 4 is 34.8 Å². The van der Waals surface area contributed by atoms with Crippen molar-refractivity contribution in [3.63, 3.8) is 0 Å². The van der Waals surface area contributed by atoms with Crippen LogP contribution in [-0.2, 0) is 16.6 Å². The Hall–Kier alpha value is -2.51. The largest absolute Gasteiger partial charge is 0.330 e. The van der Waals surface area contributed by atoms with Crippen LogP contribution in [0.2, 0.25) is 10.0 Å². The monoisotopic (exact) mass is 573 g/mol. The first-order valence-corrected chi connectivity index (χ1v) is 13.9. The molecule has 3 aromatic rings. The molecule has 4 atom stereocenters. The molecule has 1 aliphatic rings. The van der Waals surface area contributed by atoms with Crippen LogP contribution in [0.1, 0.15) is 56.7 Å². The van der Waals surface area contributed by atoms with Gasteiger partial charge in [-0.1, -0.05) is 81.2 Å². The Bertz CT molecular complexity index is 1340. The number of amides is 1. The Balaban J connectivity index is 1.85. The lowest BCUT2D eigenvalue weighted by Gasteiger charge is -2.40. The Morgan fingerprint density at radius 1 is 1.08 bits per heavy atom. The van der Waals surface area contributed by atoms with Crippen LogP contribution >= 0.6 is 23.2 Å². The molecule has 39 heavy (non-hydrogen) atoms. The normalized spacial score (nSPS) is 23.2. The molecular formula is C31H35Cl2F2N3O. The molecule has 1 fully saturated rings. The van der Waals surface area contributed by atoms with Crippen molar-refractivity contribution in [3.8, 4) is 0 Å². The molecule has 1 unspecified atom stereocenters. The van der Waals surface area contributed by atoms with E-state index in [0.29, 0.717) is 24.2 Å². The fourth-order valence-corrected chi connectivity index (χ4v) is 6.19. The first-order valence-electron chi connectivity index (χ1n) is 13.1. The number of anilines is 1. The average molecular weight is 575 g/mol. The van der Waals surface area contributed by atoms with E-state index in [2.05, 4.69) is 31.4 Å². The van der Waals surface area contributed by atoms with E-state index in [-0.39, 0.29) is 33.0 Å². The van der Waals surface area contributed by atoms with Gasteiger partial charge in [-0.2, -0.15) is 0 Å². The summed E-state index contributed by atoms with van der Waals surface area (Å²) in [6.07, 6.45) is 1.33. The summed E-state index contributed by atoms with van der Waals surface area (Å²) in [5, 5.41) is 6.67. The molecule has 0 radical (unpaired) electrons. The molecule has 0 aliphatic carbocycles. The minimum Gasteiger partial charge on any atom is -0.330 e. The number of nitrogens with one attached hydrogen (secondary N) is 2. The van der Waals surface area contributed by atoms with E-state index in [1.54, 1.807) is 24.3 Å². The van der Waals surface area contributed by atoms with E-state index < -0.39 is 29.0 Å². The minimum absolute atomic E-state index is 0.0552. The molecule has 0 spiro atoms. The van der Waals surface area contributed by atoms with E-state index in [1.807, 2.05) is 31.2 Å². The first-order chi connectivity index (χ1) is 18.3. The predicted molar refractivity (Wildman–Crippen MR) is 156 cm³/mol. The molecule has 8 heteroatoms. The van der Waals surface area contributed by atoms with E-state index in [4.69, 9.17) is 28.9 Å². The van der Waals surface area contributed by atoms with Gasteiger partial charge >= 0.3 is 0 Å². The van der Waals surface area contributed by atoms with Gasteiger partial charge in [0.15, 0.2) is 0 Å². The zero-order valence-electron chi connectivity index (χ0n) is 22.6. The third-order valence-electron chi connectivity index (χ3n) is 7.67. The smallest absolute Gasteiger partial charge is 0.242 e.